The topological polar surface area (TPSA) is 90.2 Å². The number of nitrogens with zero attached hydrogens (tertiary/aromatic N) is 1. The van der Waals surface area contributed by atoms with Crippen LogP contribution in [0.15, 0.2) is 60.7 Å². The Morgan fingerprint density at radius 2 is 1.74 bits per heavy atom. The number of fused-ring (bicyclic) bond motifs is 3. The monoisotopic (exact) mass is 354 g/mol. The molecule has 5 heteroatoms. The highest BCUT2D eigenvalue weighted by atomic mass is 16.4. The molecule has 5 nitrogen and oxygen atoms in total. The molecule has 2 N–H and O–H groups in total. The first-order valence-electron chi connectivity index (χ1n) is 8.37. The van der Waals surface area contributed by atoms with Crippen LogP contribution in [-0.4, -0.2) is 17.0 Å². The largest absolute Gasteiger partial charge is 0.478 e. The molecule has 0 bridgehead atoms. The van der Waals surface area contributed by atoms with Crippen LogP contribution in [-0.2, 0) is 6.42 Å². The van der Waals surface area contributed by atoms with Crippen LogP contribution in [0.2, 0.25) is 0 Å². The Hall–Kier alpha value is -3.91. The second kappa shape index (κ2) is 6.43. The minimum atomic E-state index is -1.20. The third-order valence-corrected chi connectivity index (χ3v) is 4.72. The second-order valence-corrected chi connectivity index (χ2v) is 6.30. The molecule has 0 radical (unpaired) electrons. The first kappa shape index (κ1) is 16.6. The van der Waals surface area contributed by atoms with Crippen molar-refractivity contribution >= 4 is 17.6 Å². The third-order valence-electron chi connectivity index (χ3n) is 4.72. The van der Waals surface area contributed by atoms with Crippen molar-refractivity contribution in [3.63, 3.8) is 0 Å². The Morgan fingerprint density at radius 3 is 2.52 bits per heavy atom. The predicted octanol–water partition coefficient (Wildman–Crippen LogP) is 4.08. The fourth-order valence-corrected chi connectivity index (χ4v) is 3.46. The zero-order valence-corrected chi connectivity index (χ0v) is 14.2. The van der Waals surface area contributed by atoms with Crippen molar-refractivity contribution in [2.45, 2.75) is 6.42 Å². The molecule has 0 aromatic heterocycles. The van der Waals surface area contributed by atoms with Gasteiger partial charge < -0.3 is 10.4 Å². The van der Waals surface area contributed by atoms with E-state index in [9.17, 15) is 14.7 Å². The van der Waals surface area contributed by atoms with E-state index in [1.807, 2.05) is 42.5 Å². The molecule has 0 unspecified atom stereocenters. The number of aromatic carboxylic acids is 1. The van der Waals surface area contributed by atoms with Crippen molar-refractivity contribution in [3.05, 3.63) is 88.5 Å². The molecule has 0 spiro atoms. The molecule has 1 amide bonds. The minimum Gasteiger partial charge on any atom is -0.478 e. The quantitative estimate of drug-likeness (QED) is 0.580. The summed E-state index contributed by atoms with van der Waals surface area (Å²) in [5, 5.41) is 21.0. The maximum Gasteiger partial charge on any atom is 0.337 e. The van der Waals surface area contributed by atoms with E-state index < -0.39 is 5.97 Å². The SMILES string of the molecule is N#Cc1ccc(NC(=O)c2cccc3c2Cc2ccccc2-3)c(C(=O)O)c1. The first-order valence-corrected chi connectivity index (χ1v) is 8.37. The summed E-state index contributed by atoms with van der Waals surface area (Å²) in [6, 6.07) is 19.6. The summed E-state index contributed by atoms with van der Waals surface area (Å²) < 4.78 is 0. The molecule has 1 aliphatic rings. The molecule has 1 aliphatic carbocycles. The van der Waals surface area contributed by atoms with Crippen LogP contribution in [0.5, 0.6) is 0 Å². The summed E-state index contributed by atoms with van der Waals surface area (Å²) in [6.45, 7) is 0. The number of benzene rings is 3. The van der Waals surface area contributed by atoms with Gasteiger partial charge in [-0.3, -0.25) is 4.79 Å². The van der Waals surface area contributed by atoms with E-state index in [1.54, 1.807) is 6.07 Å². The summed E-state index contributed by atoms with van der Waals surface area (Å²) in [6.07, 6.45) is 0.661. The van der Waals surface area contributed by atoms with Gasteiger partial charge in [0.25, 0.3) is 5.91 Å². The highest BCUT2D eigenvalue weighted by Crippen LogP contribution is 2.38. The zero-order chi connectivity index (χ0) is 19.0. The number of hydrogen-bond donors (Lipinski definition) is 2. The van der Waals surface area contributed by atoms with Gasteiger partial charge in [-0.25, -0.2) is 4.79 Å². The third kappa shape index (κ3) is 2.83. The summed E-state index contributed by atoms with van der Waals surface area (Å²) >= 11 is 0. The van der Waals surface area contributed by atoms with E-state index in [4.69, 9.17) is 5.26 Å². The number of carbonyl (C=O) groups is 2. The number of carboxylic acids is 1. The smallest absolute Gasteiger partial charge is 0.337 e. The first-order chi connectivity index (χ1) is 13.1. The molecule has 0 saturated heterocycles. The molecule has 3 aromatic carbocycles. The van der Waals surface area contributed by atoms with Gasteiger partial charge >= 0.3 is 5.97 Å². The summed E-state index contributed by atoms with van der Waals surface area (Å²) in [5.41, 5.74) is 5.03. The maximum atomic E-state index is 12.9. The van der Waals surface area contributed by atoms with Gasteiger partial charge in [-0.15, -0.1) is 0 Å². The molecule has 0 aliphatic heterocycles. The number of carbonyl (C=O) groups excluding carboxylic acids is 1. The number of anilines is 1. The average molecular weight is 354 g/mol. The highest BCUT2D eigenvalue weighted by Gasteiger charge is 2.24. The lowest BCUT2D eigenvalue weighted by Gasteiger charge is -2.11. The van der Waals surface area contributed by atoms with Crippen LogP contribution in [0.3, 0.4) is 0 Å². The van der Waals surface area contributed by atoms with Gasteiger partial charge in [0, 0.05) is 5.56 Å². The Balaban J connectivity index is 1.71. The van der Waals surface area contributed by atoms with Crippen molar-refractivity contribution in [3.8, 4) is 17.2 Å². The van der Waals surface area contributed by atoms with Crippen molar-refractivity contribution in [1.82, 2.24) is 0 Å². The lowest BCUT2D eigenvalue weighted by atomic mass is 10.0. The van der Waals surface area contributed by atoms with E-state index >= 15 is 0 Å². The van der Waals surface area contributed by atoms with Gasteiger partial charge in [0.1, 0.15) is 0 Å². The number of nitrogens with one attached hydrogen (secondary N) is 1. The Kier molecular flexibility index (Phi) is 3.94. The summed E-state index contributed by atoms with van der Waals surface area (Å²) in [5.74, 6) is -1.57. The van der Waals surface area contributed by atoms with Crippen LogP contribution in [0.4, 0.5) is 5.69 Å². The lowest BCUT2D eigenvalue weighted by molar-refractivity contribution is 0.0698. The minimum absolute atomic E-state index is 0.113. The fourth-order valence-electron chi connectivity index (χ4n) is 3.46. The molecule has 0 atom stereocenters. The van der Waals surface area contributed by atoms with Crippen LogP contribution >= 0.6 is 0 Å². The van der Waals surface area contributed by atoms with Crippen molar-refractivity contribution in [2.24, 2.45) is 0 Å². The Labute approximate surface area is 155 Å². The molecular weight excluding hydrogens is 340 g/mol. The van der Waals surface area contributed by atoms with Crippen LogP contribution in [0.1, 0.15) is 37.4 Å². The maximum absolute atomic E-state index is 12.9. The van der Waals surface area contributed by atoms with Crippen LogP contribution < -0.4 is 5.32 Å². The van der Waals surface area contributed by atoms with Crippen LogP contribution in [0, 0.1) is 11.3 Å². The number of amides is 1. The molecule has 3 aromatic rings. The van der Waals surface area contributed by atoms with Gasteiger partial charge in [0.05, 0.1) is 22.9 Å². The van der Waals surface area contributed by atoms with E-state index in [0.29, 0.717) is 12.0 Å². The standard InChI is InChI=1S/C22H14N2O3/c23-12-13-8-9-20(19(10-13)22(26)27)24-21(25)17-7-3-6-16-15-5-2-1-4-14(15)11-18(16)17/h1-10H,11H2,(H,24,25)(H,26,27). The normalized spacial score (nSPS) is 11.2. The predicted molar refractivity (Wildman–Crippen MR) is 101 cm³/mol. The zero-order valence-electron chi connectivity index (χ0n) is 14.2. The second-order valence-electron chi connectivity index (χ2n) is 6.30. The number of rotatable bonds is 3. The summed E-state index contributed by atoms with van der Waals surface area (Å²) in [4.78, 5) is 24.4. The molecule has 0 fully saturated rings. The average Bonchev–Trinajstić information content (AvgIpc) is 3.06. The van der Waals surface area contributed by atoms with Gasteiger partial charge in [-0.05, 0) is 52.9 Å². The van der Waals surface area contributed by atoms with E-state index in [2.05, 4.69) is 5.32 Å². The molecule has 4 rings (SSSR count). The van der Waals surface area contributed by atoms with E-state index in [-0.39, 0.29) is 22.7 Å². The molecule has 0 saturated carbocycles. The van der Waals surface area contributed by atoms with Crippen molar-refractivity contribution in [2.75, 3.05) is 5.32 Å². The molecule has 27 heavy (non-hydrogen) atoms. The highest BCUT2D eigenvalue weighted by molar-refractivity contribution is 6.09. The van der Waals surface area contributed by atoms with E-state index in [0.717, 1.165) is 22.3 Å². The van der Waals surface area contributed by atoms with Gasteiger partial charge in [-0.1, -0.05) is 36.4 Å². The summed E-state index contributed by atoms with van der Waals surface area (Å²) in [7, 11) is 0. The number of hydrogen-bond acceptors (Lipinski definition) is 3. The van der Waals surface area contributed by atoms with Gasteiger partial charge in [-0.2, -0.15) is 5.26 Å². The van der Waals surface area contributed by atoms with Crippen molar-refractivity contribution in [1.29, 1.82) is 5.26 Å². The van der Waals surface area contributed by atoms with Crippen LogP contribution in [0.25, 0.3) is 11.1 Å². The number of carboxylic acid groups (broad SMARTS) is 1. The Morgan fingerprint density at radius 1 is 0.963 bits per heavy atom. The number of nitriles is 1. The Bertz CT molecular complexity index is 1140. The fraction of sp³-hybridized carbons (Fsp3) is 0.0455. The van der Waals surface area contributed by atoms with E-state index in [1.165, 1.54) is 18.2 Å². The molecule has 0 heterocycles. The molecule has 130 valence electrons. The lowest BCUT2D eigenvalue weighted by Crippen LogP contribution is -2.16. The van der Waals surface area contributed by atoms with Gasteiger partial charge in [0.2, 0.25) is 0 Å². The van der Waals surface area contributed by atoms with Crippen molar-refractivity contribution < 1.29 is 14.7 Å². The molecular formula is C22H14N2O3. The van der Waals surface area contributed by atoms with Gasteiger partial charge in [0.15, 0.2) is 0 Å².